The van der Waals surface area contributed by atoms with Crippen LogP contribution in [0.4, 0.5) is 17.1 Å². The molecule has 2 aromatic carbocycles. The molecule has 6 nitrogen and oxygen atoms in total. The third-order valence-corrected chi connectivity index (χ3v) is 4.79. The van der Waals surface area contributed by atoms with Crippen LogP contribution in [0.2, 0.25) is 0 Å². The summed E-state index contributed by atoms with van der Waals surface area (Å²) >= 11 is 0. The number of para-hydroxylation sites is 1. The fourth-order valence-corrected chi connectivity index (χ4v) is 3.36. The van der Waals surface area contributed by atoms with E-state index in [2.05, 4.69) is 16.7 Å². The molecule has 0 fully saturated rings. The lowest BCUT2D eigenvalue weighted by Gasteiger charge is -2.23. The Hall–Kier alpha value is -3.54. The number of nitrogens with zero attached hydrogens (tertiary/aromatic N) is 1. The van der Waals surface area contributed by atoms with E-state index in [1.54, 1.807) is 24.3 Å². The van der Waals surface area contributed by atoms with Crippen LogP contribution < -0.4 is 15.5 Å². The van der Waals surface area contributed by atoms with Gasteiger partial charge in [0.2, 0.25) is 5.91 Å². The van der Waals surface area contributed by atoms with Crippen molar-refractivity contribution in [2.45, 2.75) is 19.4 Å². The first-order valence-electron chi connectivity index (χ1n) is 9.22. The van der Waals surface area contributed by atoms with Gasteiger partial charge in [0.15, 0.2) is 5.76 Å². The largest absolute Gasteiger partial charge is 0.459 e. The average Bonchev–Trinajstić information content (AvgIpc) is 3.39. The summed E-state index contributed by atoms with van der Waals surface area (Å²) in [4.78, 5) is 26.7. The zero-order valence-corrected chi connectivity index (χ0v) is 15.5. The van der Waals surface area contributed by atoms with E-state index in [0.717, 1.165) is 17.8 Å². The topological polar surface area (TPSA) is 74.6 Å². The number of carbonyl (C=O) groups excluding carboxylic acids is 2. The van der Waals surface area contributed by atoms with Gasteiger partial charge in [-0.3, -0.25) is 9.59 Å². The van der Waals surface area contributed by atoms with Crippen molar-refractivity contribution in [2.75, 3.05) is 22.1 Å². The molecule has 0 saturated carbocycles. The highest BCUT2D eigenvalue weighted by Gasteiger charge is 2.27. The lowest BCUT2D eigenvalue weighted by Crippen LogP contribution is -2.40. The second-order valence-electron chi connectivity index (χ2n) is 6.74. The van der Waals surface area contributed by atoms with Gasteiger partial charge in [-0.15, -0.1) is 0 Å². The molecular formula is C22H21N3O3. The molecule has 1 atom stereocenters. The van der Waals surface area contributed by atoms with E-state index in [9.17, 15) is 9.59 Å². The van der Waals surface area contributed by atoms with E-state index in [1.807, 2.05) is 42.2 Å². The minimum Gasteiger partial charge on any atom is -0.459 e. The van der Waals surface area contributed by atoms with Gasteiger partial charge in [-0.2, -0.15) is 0 Å². The van der Waals surface area contributed by atoms with Crippen LogP contribution in [0, 0.1) is 0 Å². The molecule has 0 unspecified atom stereocenters. The van der Waals surface area contributed by atoms with Crippen LogP contribution in [-0.2, 0) is 11.2 Å². The van der Waals surface area contributed by atoms with Crippen molar-refractivity contribution >= 4 is 28.9 Å². The molecule has 0 radical (unpaired) electrons. The fraction of sp³-hybridized carbons (Fsp3) is 0.182. The Morgan fingerprint density at radius 2 is 1.75 bits per heavy atom. The van der Waals surface area contributed by atoms with Crippen molar-refractivity contribution in [2.24, 2.45) is 0 Å². The fourth-order valence-electron chi connectivity index (χ4n) is 3.36. The summed E-state index contributed by atoms with van der Waals surface area (Å²) in [6, 6.07) is 18.2. The van der Waals surface area contributed by atoms with Crippen molar-refractivity contribution in [3.8, 4) is 0 Å². The maximum atomic E-state index is 12.9. The van der Waals surface area contributed by atoms with Gasteiger partial charge in [0.05, 0.1) is 6.26 Å². The van der Waals surface area contributed by atoms with Gasteiger partial charge < -0.3 is 20.0 Å². The molecule has 1 aliphatic rings. The highest BCUT2D eigenvalue weighted by molar-refractivity contribution is 6.02. The number of hydrogen-bond donors (Lipinski definition) is 2. The Bertz CT molecular complexity index is 981. The molecule has 3 aromatic rings. The number of nitrogens with one attached hydrogen (secondary N) is 2. The summed E-state index contributed by atoms with van der Waals surface area (Å²) in [7, 11) is 0. The molecule has 2 N–H and O–H groups in total. The highest BCUT2D eigenvalue weighted by Crippen LogP contribution is 2.28. The smallest absolute Gasteiger partial charge is 0.291 e. The molecule has 6 heteroatoms. The molecule has 1 aromatic heterocycles. The van der Waals surface area contributed by atoms with Gasteiger partial charge in [0.25, 0.3) is 5.91 Å². The molecule has 0 spiro atoms. The van der Waals surface area contributed by atoms with E-state index in [4.69, 9.17) is 4.42 Å². The monoisotopic (exact) mass is 375 g/mol. The molecule has 0 saturated heterocycles. The molecular weight excluding hydrogens is 354 g/mol. The predicted octanol–water partition coefficient (Wildman–Crippen LogP) is 3.92. The van der Waals surface area contributed by atoms with E-state index in [0.29, 0.717) is 12.2 Å². The molecule has 0 aliphatic carbocycles. The van der Waals surface area contributed by atoms with Crippen LogP contribution in [0.3, 0.4) is 0 Å². The standard InChI is InChI=1S/C22H21N3O3/c1-15(22(27)25-13-12-16-5-2-3-6-19(16)25)23-17-8-10-18(11-9-17)24-21(26)20-7-4-14-28-20/h2-11,14-15,23H,12-13H2,1H3,(H,24,26)/t15-/m0/s1. The number of fused-ring (bicyclic) bond motifs is 1. The molecule has 2 heterocycles. The number of hydrogen-bond acceptors (Lipinski definition) is 4. The van der Waals surface area contributed by atoms with Gasteiger partial charge in [-0.1, -0.05) is 18.2 Å². The van der Waals surface area contributed by atoms with Crippen molar-refractivity contribution in [3.63, 3.8) is 0 Å². The molecule has 1 aliphatic heterocycles. The Labute approximate surface area is 163 Å². The Morgan fingerprint density at radius 3 is 2.50 bits per heavy atom. The van der Waals surface area contributed by atoms with Crippen molar-refractivity contribution in [1.82, 2.24) is 0 Å². The number of carbonyl (C=O) groups is 2. The van der Waals surface area contributed by atoms with Crippen LogP contribution in [0.1, 0.15) is 23.0 Å². The van der Waals surface area contributed by atoms with Gasteiger partial charge in [-0.25, -0.2) is 0 Å². The van der Waals surface area contributed by atoms with Crippen LogP contribution in [0.15, 0.2) is 71.3 Å². The highest BCUT2D eigenvalue weighted by atomic mass is 16.3. The molecule has 28 heavy (non-hydrogen) atoms. The van der Waals surface area contributed by atoms with Gasteiger partial charge in [0.1, 0.15) is 6.04 Å². The van der Waals surface area contributed by atoms with E-state index < -0.39 is 0 Å². The van der Waals surface area contributed by atoms with E-state index in [1.165, 1.54) is 11.8 Å². The van der Waals surface area contributed by atoms with Crippen molar-refractivity contribution < 1.29 is 14.0 Å². The summed E-state index contributed by atoms with van der Waals surface area (Å²) in [6.07, 6.45) is 2.35. The molecule has 2 amide bonds. The molecule has 4 rings (SSSR count). The van der Waals surface area contributed by atoms with Crippen LogP contribution >= 0.6 is 0 Å². The normalized spacial score (nSPS) is 13.7. The lowest BCUT2D eigenvalue weighted by atomic mass is 10.2. The second-order valence-corrected chi connectivity index (χ2v) is 6.74. The summed E-state index contributed by atoms with van der Waals surface area (Å²) < 4.78 is 5.08. The quantitative estimate of drug-likeness (QED) is 0.709. The molecule has 142 valence electrons. The number of amides is 2. The van der Waals surface area contributed by atoms with E-state index in [-0.39, 0.29) is 23.6 Å². The van der Waals surface area contributed by atoms with Gasteiger partial charge >= 0.3 is 0 Å². The van der Waals surface area contributed by atoms with Crippen molar-refractivity contribution in [1.29, 1.82) is 0 Å². The summed E-state index contributed by atoms with van der Waals surface area (Å²) in [5.74, 6) is -0.00517. The minimum absolute atomic E-state index is 0.0418. The van der Waals surface area contributed by atoms with Crippen molar-refractivity contribution in [3.05, 3.63) is 78.3 Å². The van der Waals surface area contributed by atoms with E-state index >= 15 is 0 Å². The zero-order chi connectivity index (χ0) is 19.5. The maximum absolute atomic E-state index is 12.9. The minimum atomic E-state index is -0.366. The zero-order valence-electron chi connectivity index (χ0n) is 15.5. The number of furan rings is 1. The predicted molar refractivity (Wildman–Crippen MR) is 109 cm³/mol. The first kappa shape index (κ1) is 17.9. The SMILES string of the molecule is C[C@H](Nc1ccc(NC(=O)c2ccco2)cc1)C(=O)N1CCc2ccccc21. The van der Waals surface area contributed by atoms with Gasteiger partial charge in [0, 0.05) is 23.6 Å². The first-order valence-corrected chi connectivity index (χ1v) is 9.22. The Morgan fingerprint density at radius 1 is 1.00 bits per heavy atom. The average molecular weight is 375 g/mol. The number of anilines is 3. The number of rotatable bonds is 5. The van der Waals surface area contributed by atoms with Crippen LogP contribution in [0.5, 0.6) is 0 Å². The second kappa shape index (κ2) is 7.60. The third kappa shape index (κ3) is 3.62. The summed E-state index contributed by atoms with van der Waals surface area (Å²) in [6.45, 7) is 2.57. The number of benzene rings is 2. The first-order chi connectivity index (χ1) is 13.6. The maximum Gasteiger partial charge on any atom is 0.291 e. The Kier molecular flexibility index (Phi) is 4.85. The van der Waals surface area contributed by atoms with Gasteiger partial charge in [-0.05, 0) is 61.4 Å². The molecule has 0 bridgehead atoms. The summed E-state index contributed by atoms with van der Waals surface area (Å²) in [5, 5.41) is 6.00. The van der Waals surface area contributed by atoms with Crippen LogP contribution in [0.25, 0.3) is 0 Å². The van der Waals surface area contributed by atoms with Crippen LogP contribution in [-0.4, -0.2) is 24.4 Å². The Balaban J connectivity index is 1.38. The lowest BCUT2D eigenvalue weighted by molar-refractivity contribution is -0.118. The third-order valence-electron chi connectivity index (χ3n) is 4.79. The summed E-state index contributed by atoms with van der Waals surface area (Å²) in [5.41, 5.74) is 3.67.